The van der Waals surface area contributed by atoms with E-state index in [-0.39, 0.29) is 6.04 Å². The Bertz CT molecular complexity index is 1010. The molecule has 0 bridgehead atoms. The van der Waals surface area contributed by atoms with Crippen LogP contribution in [0.3, 0.4) is 0 Å². The summed E-state index contributed by atoms with van der Waals surface area (Å²) in [6, 6.07) is 4.93. The van der Waals surface area contributed by atoms with E-state index in [0.717, 1.165) is 23.4 Å². The van der Waals surface area contributed by atoms with Crippen LogP contribution in [-0.2, 0) is 15.7 Å². The Kier molecular flexibility index (Phi) is 7.17. The van der Waals surface area contributed by atoms with Crippen molar-refractivity contribution in [2.75, 3.05) is 19.7 Å². The number of halogens is 3. The third-order valence-electron chi connectivity index (χ3n) is 5.01. The first-order valence-corrected chi connectivity index (χ1v) is 10.0. The largest absolute Gasteiger partial charge is 0.484 e. The molecule has 2 aliphatic rings. The summed E-state index contributed by atoms with van der Waals surface area (Å²) in [5.74, 6) is -0.573. The number of hydrogen-bond donors (Lipinski definition) is 1. The highest BCUT2D eigenvalue weighted by Gasteiger charge is 2.30. The Balaban J connectivity index is 1.70. The number of nitrogens with zero attached hydrogens (tertiary/aromatic N) is 3. The summed E-state index contributed by atoms with van der Waals surface area (Å²) in [5, 5.41) is 8.90. The van der Waals surface area contributed by atoms with Crippen LogP contribution in [0.25, 0.3) is 0 Å². The van der Waals surface area contributed by atoms with Crippen molar-refractivity contribution in [3.05, 3.63) is 70.6 Å². The van der Waals surface area contributed by atoms with Crippen LogP contribution in [-0.4, -0.2) is 53.8 Å². The fourth-order valence-corrected chi connectivity index (χ4v) is 3.30. The van der Waals surface area contributed by atoms with Gasteiger partial charge in [0.1, 0.15) is 5.76 Å². The highest BCUT2D eigenvalue weighted by molar-refractivity contribution is 6.04. The van der Waals surface area contributed by atoms with Gasteiger partial charge in [-0.25, -0.2) is 4.79 Å². The SMILES string of the molecule is CC1=C(CN2C=NC(C)/C=C\C=C(\OCC(=O)O)C2)CC(c2ccc(C(F)(F)F)cc2)=N1. The lowest BCUT2D eigenvalue weighted by Gasteiger charge is -2.22. The molecule has 9 heteroatoms. The van der Waals surface area contributed by atoms with Crippen molar-refractivity contribution in [1.29, 1.82) is 0 Å². The Hall–Kier alpha value is -3.36. The molecule has 1 N–H and O–H groups in total. The molecule has 6 nitrogen and oxygen atoms in total. The maximum absolute atomic E-state index is 12.8. The van der Waals surface area contributed by atoms with E-state index >= 15 is 0 Å². The molecule has 1 aromatic rings. The van der Waals surface area contributed by atoms with Gasteiger partial charge in [-0.1, -0.05) is 24.3 Å². The van der Waals surface area contributed by atoms with Gasteiger partial charge in [-0.05, 0) is 43.2 Å². The van der Waals surface area contributed by atoms with Gasteiger partial charge in [0, 0.05) is 18.7 Å². The molecule has 0 aliphatic carbocycles. The molecule has 2 aliphatic heterocycles. The van der Waals surface area contributed by atoms with Gasteiger partial charge in [-0.3, -0.25) is 9.98 Å². The van der Waals surface area contributed by atoms with E-state index in [9.17, 15) is 18.0 Å². The second kappa shape index (κ2) is 9.84. The molecule has 32 heavy (non-hydrogen) atoms. The Labute approximate surface area is 184 Å². The van der Waals surface area contributed by atoms with Crippen molar-refractivity contribution >= 4 is 18.0 Å². The number of ether oxygens (including phenoxy) is 1. The first-order valence-electron chi connectivity index (χ1n) is 10.0. The molecule has 0 radical (unpaired) electrons. The van der Waals surface area contributed by atoms with E-state index in [1.54, 1.807) is 18.5 Å². The molecule has 0 saturated heterocycles. The lowest BCUT2D eigenvalue weighted by atomic mass is 10.0. The van der Waals surface area contributed by atoms with E-state index in [1.165, 1.54) is 12.1 Å². The predicted octanol–water partition coefficient (Wildman–Crippen LogP) is 4.45. The summed E-state index contributed by atoms with van der Waals surface area (Å²) < 4.78 is 43.9. The summed E-state index contributed by atoms with van der Waals surface area (Å²) in [4.78, 5) is 21.8. The summed E-state index contributed by atoms with van der Waals surface area (Å²) in [6.07, 6.45) is 3.21. The monoisotopic (exact) mass is 447 g/mol. The molecule has 0 amide bonds. The number of aliphatic carboxylic acids is 1. The topological polar surface area (TPSA) is 74.5 Å². The van der Waals surface area contributed by atoms with E-state index in [2.05, 4.69) is 9.98 Å². The zero-order valence-electron chi connectivity index (χ0n) is 17.8. The summed E-state index contributed by atoms with van der Waals surface area (Å²) >= 11 is 0. The van der Waals surface area contributed by atoms with E-state index < -0.39 is 24.3 Å². The van der Waals surface area contributed by atoms with Crippen LogP contribution < -0.4 is 0 Å². The van der Waals surface area contributed by atoms with Crippen LogP contribution in [0.1, 0.15) is 31.4 Å². The molecule has 3 rings (SSSR count). The number of hydrogen-bond acceptors (Lipinski definition) is 5. The lowest BCUT2D eigenvalue weighted by Crippen LogP contribution is -2.29. The molecule has 1 aromatic carbocycles. The van der Waals surface area contributed by atoms with E-state index in [0.29, 0.717) is 36.5 Å². The van der Waals surface area contributed by atoms with Crippen molar-refractivity contribution < 1.29 is 27.8 Å². The molecular formula is C23H24F3N3O3. The minimum absolute atomic E-state index is 0.0646. The van der Waals surface area contributed by atoms with Crippen molar-refractivity contribution in [3.63, 3.8) is 0 Å². The second-order valence-electron chi connectivity index (χ2n) is 7.61. The zero-order valence-corrected chi connectivity index (χ0v) is 17.8. The third kappa shape index (κ3) is 6.32. The number of aliphatic imine (C=N–C) groups is 2. The Morgan fingerprint density at radius 2 is 2.00 bits per heavy atom. The summed E-state index contributed by atoms with van der Waals surface area (Å²) in [6.45, 7) is 4.14. The highest BCUT2D eigenvalue weighted by Crippen LogP contribution is 2.30. The van der Waals surface area contributed by atoms with Gasteiger partial charge in [-0.15, -0.1) is 0 Å². The smallest absolute Gasteiger partial charge is 0.416 e. The van der Waals surface area contributed by atoms with Crippen LogP contribution in [0.15, 0.2) is 69.5 Å². The first-order chi connectivity index (χ1) is 15.1. The second-order valence-corrected chi connectivity index (χ2v) is 7.61. The minimum atomic E-state index is -4.38. The highest BCUT2D eigenvalue weighted by atomic mass is 19.4. The van der Waals surface area contributed by atoms with Gasteiger partial charge < -0.3 is 14.7 Å². The van der Waals surface area contributed by atoms with Crippen LogP contribution >= 0.6 is 0 Å². The molecule has 0 saturated carbocycles. The number of carbonyl (C=O) groups is 1. The molecular weight excluding hydrogens is 423 g/mol. The van der Waals surface area contributed by atoms with Gasteiger partial charge in [0.25, 0.3) is 0 Å². The molecule has 1 unspecified atom stereocenters. The summed E-state index contributed by atoms with van der Waals surface area (Å²) in [7, 11) is 0. The first kappa shape index (κ1) is 23.3. The van der Waals surface area contributed by atoms with Gasteiger partial charge in [-0.2, -0.15) is 13.2 Å². The molecule has 0 spiro atoms. The van der Waals surface area contributed by atoms with Crippen molar-refractivity contribution in [2.24, 2.45) is 9.98 Å². The maximum Gasteiger partial charge on any atom is 0.416 e. The quantitative estimate of drug-likeness (QED) is 0.700. The molecule has 0 fully saturated rings. The van der Waals surface area contributed by atoms with E-state index in [1.807, 2.05) is 24.8 Å². The number of carboxylic acids is 1. The average Bonchev–Trinajstić information content (AvgIpc) is 3.12. The van der Waals surface area contributed by atoms with Crippen LogP contribution in [0.5, 0.6) is 0 Å². The minimum Gasteiger partial charge on any atom is -0.484 e. The fourth-order valence-electron chi connectivity index (χ4n) is 3.30. The lowest BCUT2D eigenvalue weighted by molar-refractivity contribution is -0.141. The number of allylic oxidation sites excluding steroid dienone is 3. The number of rotatable bonds is 6. The molecule has 2 heterocycles. The van der Waals surface area contributed by atoms with Crippen LogP contribution in [0.4, 0.5) is 13.2 Å². The van der Waals surface area contributed by atoms with Crippen LogP contribution in [0, 0.1) is 0 Å². The van der Waals surface area contributed by atoms with Gasteiger partial charge in [0.15, 0.2) is 6.61 Å². The number of benzene rings is 1. The molecule has 170 valence electrons. The molecule has 0 aromatic heterocycles. The maximum atomic E-state index is 12.8. The van der Waals surface area contributed by atoms with Crippen LogP contribution in [0.2, 0.25) is 0 Å². The van der Waals surface area contributed by atoms with Crippen molar-refractivity contribution in [2.45, 2.75) is 32.5 Å². The zero-order chi connectivity index (χ0) is 23.3. The Morgan fingerprint density at radius 3 is 2.66 bits per heavy atom. The fraction of sp³-hybridized carbons (Fsp3) is 0.348. The van der Waals surface area contributed by atoms with Crippen molar-refractivity contribution in [3.8, 4) is 0 Å². The average molecular weight is 447 g/mol. The third-order valence-corrected chi connectivity index (χ3v) is 5.01. The standard InChI is InChI=1S/C23H24F3N3O3/c1-15-4-3-5-20(32-13-22(30)31)12-29(14-27-15)11-18-10-21(28-16(18)2)17-6-8-19(9-7-17)23(24,25)26/h3-9,14-15H,10-13H2,1-2H3,(H,30,31)/b4-3-,20-5+,27-14?. The number of carboxylic acid groups (broad SMARTS) is 1. The summed E-state index contributed by atoms with van der Waals surface area (Å²) in [5.41, 5.74) is 2.47. The van der Waals surface area contributed by atoms with E-state index in [4.69, 9.17) is 9.84 Å². The Morgan fingerprint density at radius 1 is 1.28 bits per heavy atom. The van der Waals surface area contributed by atoms with Gasteiger partial charge in [0.05, 0.1) is 30.2 Å². The number of alkyl halides is 3. The predicted molar refractivity (Wildman–Crippen MR) is 116 cm³/mol. The van der Waals surface area contributed by atoms with Crippen molar-refractivity contribution in [1.82, 2.24) is 4.90 Å². The van der Waals surface area contributed by atoms with Gasteiger partial charge >= 0.3 is 12.1 Å². The van der Waals surface area contributed by atoms with Gasteiger partial charge in [0.2, 0.25) is 0 Å². The normalized spacial score (nSPS) is 21.9. The molecule has 1 atom stereocenters.